The first-order valence-corrected chi connectivity index (χ1v) is 5.32. The van der Waals surface area contributed by atoms with Gasteiger partial charge < -0.3 is 5.73 Å². The van der Waals surface area contributed by atoms with Crippen molar-refractivity contribution in [3.8, 4) is 0 Å². The number of nitrogen functional groups attached to an aromatic ring is 1. The van der Waals surface area contributed by atoms with E-state index in [0.717, 1.165) is 23.8 Å². The van der Waals surface area contributed by atoms with Crippen LogP contribution in [-0.2, 0) is 12.8 Å². The van der Waals surface area contributed by atoms with E-state index < -0.39 is 0 Å². The number of hydrogen-bond acceptors (Lipinski definition) is 2. The van der Waals surface area contributed by atoms with Gasteiger partial charge in [0.25, 0.3) is 0 Å². The highest BCUT2D eigenvalue weighted by atomic mass is 32.1. The second-order valence-corrected chi connectivity index (χ2v) is 4.72. The van der Waals surface area contributed by atoms with Crippen LogP contribution < -0.4 is 5.73 Å². The molecule has 0 radical (unpaired) electrons. The molecule has 0 unspecified atom stereocenters. The van der Waals surface area contributed by atoms with Gasteiger partial charge in [-0.1, -0.05) is 20.8 Å². The number of anilines is 1. The van der Waals surface area contributed by atoms with Crippen LogP contribution in [-0.4, -0.2) is 0 Å². The Morgan fingerprint density at radius 1 is 1.50 bits per heavy atom. The summed E-state index contributed by atoms with van der Waals surface area (Å²) in [5.41, 5.74) is 7.20. The summed E-state index contributed by atoms with van der Waals surface area (Å²) in [7, 11) is 0. The van der Waals surface area contributed by atoms with Crippen molar-refractivity contribution in [1.82, 2.24) is 0 Å². The molecule has 1 rings (SSSR count). The molecule has 0 aromatic carbocycles. The highest BCUT2D eigenvalue weighted by molar-refractivity contribution is 7.16. The van der Waals surface area contributed by atoms with Crippen LogP contribution in [0.1, 0.15) is 31.2 Å². The van der Waals surface area contributed by atoms with Crippen molar-refractivity contribution < 1.29 is 0 Å². The van der Waals surface area contributed by atoms with Crippen molar-refractivity contribution in [2.24, 2.45) is 5.92 Å². The zero-order valence-corrected chi connectivity index (χ0v) is 8.87. The summed E-state index contributed by atoms with van der Waals surface area (Å²) in [6.07, 6.45) is 2.28. The smallest absolute Gasteiger partial charge is 0.0862 e. The summed E-state index contributed by atoms with van der Waals surface area (Å²) in [6.45, 7) is 6.68. The molecule has 2 N–H and O–H groups in total. The first kappa shape index (κ1) is 9.59. The van der Waals surface area contributed by atoms with E-state index in [1.54, 1.807) is 11.3 Å². The van der Waals surface area contributed by atoms with Crippen LogP contribution in [0.15, 0.2) is 6.07 Å². The van der Waals surface area contributed by atoms with Crippen molar-refractivity contribution >= 4 is 16.3 Å². The highest BCUT2D eigenvalue weighted by Gasteiger charge is 2.06. The van der Waals surface area contributed by atoms with Crippen molar-refractivity contribution in [3.05, 3.63) is 16.5 Å². The van der Waals surface area contributed by atoms with Crippen LogP contribution >= 0.6 is 11.3 Å². The van der Waals surface area contributed by atoms with Crippen LogP contribution in [0.5, 0.6) is 0 Å². The molecule has 0 amide bonds. The summed E-state index contributed by atoms with van der Waals surface area (Å²) in [5.74, 6) is 0.726. The molecule has 0 aliphatic rings. The summed E-state index contributed by atoms with van der Waals surface area (Å²) in [6, 6.07) is 2.13. The summed E-state index contributed by atoms with van der Waals surface area (Å²) < 4.78 is 0. The molecule has 0 spiro atoms. The van der Waals surface area contributed by atoms with Gasteiger partial charge in [0.1, 0.15) is 0 Å². The second kappa shape index (κ2) is 3.94. The fraction of sp³-hybridized carbons (Fsp3) is 0.600. The molecule has 1 aromatic heterocycles. The number of aryl methyl sites for hydroxylation is 1. The largest absolute Gasteiger partial charge is 0.391 e. The van der Waals surface area contributed by atoms with Gasteiger partial charge in [-0.3, -0.25) is 0 Å². The number of hydrogen-bond donors (Lipinski definition) is 1. The maximum Gasteiger partial charge on any atom is 0.0862 e. The van der Waals surface area contributed by atoms with E-state index in [9.17, 15) is 0 Å². The molecule has 0 saturated heterocycles. The average Bonchev–Trinajstić information content (AvgIpc) is 2.29. The van der Waals surface area contributed by atoms with E-state index in [4.69, 9.17) is 5.73 Å². The zero-order valence-electron chi connectivity index (χ0n) is 8.05. The molecule has 2 heteroatoms. The van der Waals surface area contributed by atoms with E-state index in [1.165, 1.54) is 10.4 Å². The molecule has 68 valence electrons. The standard InChI is InChI=1S/C10H17NS/c1-4-9-8(5-7(2)3)6-10(11)12-9/h6-7H,4-5,11H2,1-3H3. The third-order valence-electron chi connectivity index (χ3n) is 1.86. The lowest BCUT2D eigenvalue weighted by Crippen LogP contribution is -1.94. The minimum absolute atomic E-state index is 0.726. The Morgan fingerprint density at radius 2 is 2.17 bits per heavy atom. The molecular formula is C10H17NS. The first-order chi connectivity index (χ1) is 5.63. The van der Waals surface area contributed by atoms with Crippen LogP contribution in [0.25, 0.3) is 0 Å². The van der Waals surface area contributed by atoms with Gasteiger partial charge in [-0.15, -0.1) is 11.3 Å². The van der Waals surface area contributed by atoms with Crippen molar-refractivity contribution in [2.45, 2.75) is 33.6 Å². The minimum Gasteiger partial charge on any atom is -0.391 e. The Morgan fingerprint density at radius 3 is 2.67 bits per heavy atom. The normalized spacial score (nSPS) is 11.0. The topological polar surface area (TPSA) is 26.0 Å². The molecule has 1 aromatic rings. The van der Waals surface area contributed by atoms with E-state index in [2.05, 4.69) is 26.8 Å². The molecule has 12 heavy (non-hydrogen) atoms. The molecule has 1 nitrogen and oxygen atoms in total. The molecule has 0 aliphatic heterocycles. The predicted molar refractivity (Wildman–Crippen MR) is 56.7 cm³/mol. The van der Waals surface area contributed by atoms with Gasteiger partial charge in [0.05, 0.1) is 5.00 Å². The molecule has 0 bridgehead atoms. The van der Waals surface area contributed by atoms with Gasteiger partial charge in [0, 0.05) is 4.88 Å². The maximum atomic E-state index is 5.75. The second-order valence-electron chi connectivity index (χ2n) is 3.55. The number of rotatable bonds is 3. The van der Waals surface area contributed by atoms with Gasteiger partial charge in [-0.05, 0) is 30.4 Å². The Hall–Kier alpha value is -0.500. The quantitative estimate of drug-likeness (QED) is 0.765. The molecule has 0 fully saturated rings. The fourth-order valence-electron chi connectivity index (χ4n) is 1.40. The Balaban J connectivity index is 2.81. The highest BCUT2D eigenvalue weighted by Crippen LogP contribution is 2.26. The molecular weight excluding hydrogens is 166 g/mol. The molecule has 0 aliphatic carbocycles. The lowest BCUT2D eigenvalue weighted by atomic mass is 10.0. The van der Waals surface area contributed by atoms with Gasteiger partial charge in [0.2, 0.25) is 0 Å². The Labute approximate surface area is 78.6 Å². The SMILES string of the molecule is CCc1sc(N)cc1CC(C)C. The molecule has 0 atom stereocenters. The summed E-state index contributed by atoms with van der Waals surface area (Å²) in [5, 5.41) is 0.961. The van der Waals surface area contributed by atoms with Crippen LogP contribution in [0, 0.1) is 5.92 Å². The third kappa shape index (κ3) is 2.24. The zero-order chi connectivity index (χ0) is 9.14. The Kier molecular flexibility index (Phi) is 3.15. The number of thiophene rings is 1. The summed E-state index contributed by atoms with van der Waals surface area (Å²) >= 11 is 1.73. The van der Waals surface area contributed by atoms with Gasteiger partial charge in [-0.25, -0.2) is 0 Å². The Bertz CT molecular complexity index is 250. The lowest BCUT2D eigenvalue weighted by molar-refractivity contribution is 0.645. The van der Waals surface area contributed by atoms with E-state index >= 15 is 0 Å². The number of nitrogens with two attached hydrogens (primary N) is 1. The van der Waals surface area contributed by atoms with E-state index in [1.807, 2.05) is 0 Å². The van der Waals surface area contributed by atoms with Crippen molar-refractivity contribution in [2.75, 3.05) is 5.73 Å². The summed E-state index contributed by atoms with van der Waals surface area (Å²) in [4.78, 5) is 1.46. The van der Waals surface area contributed by atoms with E-state index in [-0.39, 0.29) is 0 Å². The predicted octanol–water partition coefficient (Wildman–Crippen LogP) is 3.09. The maximum absolute atomic E-state index is 5.75. The van der Waals surface area contributed by atoms with Crippen LogP contribution in [0.2, 0.25) is 0 Å². The van der Waals surface area contributed by atoms with Crippen LogP contribution in [0.4, 0.5) is 5.00 Å². The van der Waals surface area contributed by atoms with Gasteiger partial charge in [-0.2, -0.15) is 0 Å². The van der Waals surface area contributed by atoms with Crippen molar-refractivity contribution in [1.29, 1.82) is 0 Å². The molecule has 1 heterocycles. The van der Waals surface area contributed by atoms with Crippen LogP contribution in [0.3, 0.4) is 0 Å². The third-order valence-corrected chi connectivity index (χ3v) is 3.02. The van der Waals surface area contributed by atoms with Gasteiger partial charge in [0.15, 0.2) is 0 Å². The monoisotopic (exact) mass is 183 g/mol. The average molecular weight is 183 g/mol. The fourth-order valence-corrected chi connectivity index (χ4v) is 2.30. The van der Waals surface area contributed by atoms with E-state index in [0.29, 0.717) is 0 Å². The lowest BCUT2D eigenvalue weighted by Gasteiger charge is -2.03. The molecule has 0 saturated carbocycles. The van der Waals surface area contributed by atoms with Crippen molar-refractivity contribution in [3.63, 3.8) is 0 Å². The first-order valence-electron chi connectivity index (χ1n) is 4.50. The minimum atomic E-state index is 0.726. The van der Waals surface area contributed by atoms with Gasteiger partial charge >= 0.3 is 0 Å².